The van der Waals surface area contributed by atoms with Gasteiger partial charge in [0.15, 0.2) is 5.96 Å². The first-order valence-corrected chi connectivity index (χ1v) is 9.55. The molecule has 0 unspecified atom stereocenters. The number of rotatable bonds is 8. The largest absolute Gasteiger partial charge is 0.377 e. The van der Waals surface area contributed by atoms with E-state index < -0.39 is 0 Å². The molecule has 1 aromatic heterocycles. The number of nitrogens with zero attached hydrogens (tertiary/aromatic N) is 1. The zero-order chi connectivity index (χ0) is 19.8. The molecule has 29 heavy (non-hydrogen) atoms. The summed E-state index contributed by atoms with van der Waals surface area (Å²) >= 11 is 0. The van der Waals surface area contributed by atoms with Crippen LogP contribution in [0.25, 0.3) is 10.9 Å². The standard InChI is InChI=1S/C22H27FN4O.HI/c1-3-28-15-18-7-5-4-6-16(18)13-27-22(24-2)25-11-10-17-14-26-21-12-19(23)8-9-20(17)21;/h4-9,12,14,26H,3,10-11,13,15H2,1-2H3,(H2,24,25,27);1H. The van der Waals surface area contributed by atoms with E-state index in [0.717, 1.165) is 35.4 Å². The van der Waals surface area contributed by atoms with Crippen LogP contribution in [-0.4, -0.2) is 31.1 Å². The number of hydrogen-bond acceptors (Lipinski definition) is 2. The summed E-state index contributed by atoms with van der Waals surface area (Å²) < 4.78 is 18.8. The van der Waals surface area contributed by atoms with E-state index in [-0.39, 0.29) is 29.8 Å². The zero-order valence-electron chi connectivity index (χ0n) is 16.8. The first kappa shape index (κ1) is 23.2. The Morgan fingerprint density at radius 1 is 1.10 bits per heavy atom. The SMILES string of the molecule is CCOCc1ccccc1CNC(=NC)NCCc1c[nH]c2cc(F)ccc12.I. The van der Waals surface area contributed by atoms with Crippen LogP contribution in [0.3, 0.4) is 0 Å². The minimum atomic E-state index is -0.228. The van der Waals surface area contributed by atoms with Crippen molar-refractivity contribution in [1.29, 1.82) is 0 Å². The molecule has 156 valence electrons. The van der Waals surface area contributed by atoms with Crippen molar-refractivity contribution < 1.29 is 9.13 Å². The lowest BCUT2D eigenvalue weighted by Gasteiger charge is -2.14. The predicted molar refractivity (Wildman–Crippen MR) is 127 cm³/mol. The van der Waals surface area contributed by atoms with Gasteiger partial charge in [-0.3, -0.25) is 4.99 Å². The lowest BCUT2D eigenvalue weighted by atomic mass is 10.1. The van der Waals surface area contributed by atoms with Gasteiger partial charge in [0.25, 0.3) is 0 Å². The van der Waals surface area contributed by atoms with Gasteiger partial charge >= 0.3 is 0 Å². The molecule has 0 aliphatic heterocycles. The summed E-state index contributed by atoms with van der Waals surface area (Å²) in [5, 5.41) is 7.74. The normalized spacial score (nSPS) is 11.3. The van der Waals surface area contributed by atoms with Gasteiger partial charge in [0.1, 0.15) is 5.82 Å². The molecule has 3 rings (SSSR count). The second kappa shape index (κ2) is 11.8. The van der Waals surface area contributed by atoms with Gasteiger partial charge in [-0.1, -0.05) is 24.3 Å². The van der Waals surface area contributed by atoms with Crippen LogP contribution < -0.4 is 10.6 Å². The van der Waals surface area contributed by atoms with Crippen LogP contribution >= 0.6 is 24.0 Å². The maximum absolute atomic E-state index is 13.3. The van der Waals surface area contributed by atoms with E-state index in [2.05, 4.69) is 32.7 Å². The van der Waals surface area contributed by atoms with E-state index in [1.54, 1.807) is 7.05 Å². The van der Waals surface area contributed by atoms with Gasteiger partial charge in [0.2, 0.25) is 0 Å². The molecular weight excluding hydrogens is 482 g/mol. The summed E-state index contributed by atoms with van der Waals surface area (Å²) in [6.07, 6.45) is 2.75. The van der Waals surface area contributed by atoms with Gasteiger partial charge in [-0.15, -0.1) is 24.0 Å². The highest BCUT2D eigenvalue weighted by Crippen LogP contribution is 2.19. The quantitative estimate of drug-likeness (QED) is 0.240. The van der Waals surface area contributed by atoms with Crippen molar-refractivity contribution in [1.82, 2.24) is 15.6 Å². The molecule has 0 saturated carbocycles. The van der Waals surface area contributed by atoms with Gasteiger partial charge in [0, 0.05) is 43.8 Å². The fraction of sp³-hybridized carbons (Fsp3) is 0.318. The summed E-state index contributed by atoms with van der Waals surface area (Å²) in [5.41, 5.74) is 4.35. The number of benzene rings is 2. The molecule has 0 amide bonds. The Labute approximate surface area is 188 Å². The molecule has 0 atom stereocenters. The molecule has 0 aliphatic carbocycles. The molecule has 0 fully saturated rings. The smallest absolute Gasteiger partial charge is 0.191 e. The van der Waals surface area contributed by atoms with Crippen LogP contribution in [0.1, 0.15) is 23.6 Å². The van der Waals surface area contributed by atoms with E-state index in [4.69, 9.17) is 4.74 Å². The molecule has 0 saturated heterocycles. The molecule has 3 aromatic rings. The summed E-state index contributed by atoms with van der Waals surface area (Å²) in [4.78, 5) is 7.42. The fourth-order valence-corrected chi connectivity index (χ4v) is 3.16. The maximum Gasteiger partial charge on any atom is 0.191 e. The Hall–Kier alpha value is -2.13. The fourth-order valence-electron chi connectivity index (χ4n) is 3.16. The molecule has 0 radical (unpaired) electrons. The summed E-state index contributed by atoms with van der Waals surface area (Å²) in [5.74, 6) is 0.519. The average molecular weight is 510 g/mol. The van der Waals surface area contributed by atoms with Gasteiger partial charge in [0.05, 0.1) is 6.61 Å². The van der Waals surface area contributed by atoms with Crippen LogP contribution in [0.4, 0.5) is 4.39 Å². The molecule has 5 nitrogen and oxygen atoms in total. The maximum atomic E-state index is 13.3. The van der Waals surface area contributed by atoms with E-state index in [1.165, 1.54) is 23.3 Å². The minimum absolute atomic E-state index is 0. The molecule has 0 aliphatic rings. The molecule has 0 bridgehead atoms. The second-order valence-electron chi connectivity index (χ2n) is 6.51. The first-order chi connectivity index (χ1) is 13.7. The van der Waals surface area contributed by atoms with E-state index in [1.807, 2.05) is 31.3 Å². The molecular formula is C22H28FIN4O. The van der Waals surface area contributed by atoms with Gasteiger partial charge in [-0.05, 0) is 48.2 Å². The lowest BCUT2D eigenvalue weighted by molar-refractivity contribution is 0.133. The topological polar surface area (TPSA) is 61.4 Å². The average Bonchev–Trinajstić information content (AvgIpc) is 3.11. The molecule has 2 aromatic carbocycles. The van der Waals surface area contributed by atoms with Crippen molar-refractivity contribution in [3.63, 3.8) is 0 Å². The Bertz CT molecular complexity index is 941. The highest BCUT2D eigenvalue weighted by molar-refractivity contribution is 14.0. The highest BCUT2D eigenvalue weighted by Gasteiger charge is 2.06. The third-order valence-electron chi connectivity index (χ3n) is 4.67. The molecule has 3 N–H and O–H groups in total. The van der Waals surface area contributed by atoms with Crippen molar-refractivity contribution in [2.75, 3.05) is 20.2 Å². The number of aliphatic imine (C=N–C) groups is 1. The van der Waals surface area contributed by atoms with Crippen LogP contribution in [0, 0.1) is 5.82 Å². The number of fused-ring (bicyclic) bond motifs is 1. The Morgan fingerprint density at radius 3 is 2.66 bits per heavy atom. The third-order valence-corrected chi connectivity index (χ3v) is 4.67. The molecule has 1 heterocycles. The van der Waals surface area contributed by atoms with Crippen LogP contribution in [0.2, 0.25) is 0 Å². The van der Waals surface area contributed by atoms with Crippen molar-refractivity contribution in [3.8, 4) is 0 Å². The van der Waals surface area contributed by atoms with Gasteiger partial charge in [-0.25, -0.2) is 4.39 Å². The number of aromatic amines is 1. The number of halogens is 2. The minimum Gasteiger partial charge on any atom is -0.377 e. The summed E-state index contributed by atoms with van der Waals surface area (Å²) in [6.45, 7) is 4.71. The van der Waals surface area contributed by atoms with Crippen LogP contribution in [0.5, 0.6) is 0 Å². The van der Waals surface area contributed by atoms with Crippen molar-refractivity contribution in [3.05, 3.63) is 71.2 Å². The number of nitrogens with one attached hydrogen (secondary N) is 3. The predicted octanol–water partition coefficient (Wildman–Crippen LogP) is 4.37. The van der Waals surface area contributed by atoms with Gasteiger partial charge in [-0.2, -0.15) is 0 Å². The number of aromatic nitrogens is 1. The monoisotopic (exact) mass is 510 g/mol. The first-order valence-electron chi connectivity index (χ1n) is 9.55. The number of ether oxygens (including phenoxy) is 1. The number of guanidine groups is 1. The van der Waals surface area contributed by atoms with Crippen LogP contribution in [0.15, 0.2) is 53.7 Å². The van der Waals surface area contributed by atoms with Crippen LogP contribution in [-0.2, 0) is 24.3 Å². The highest BCUT2D eigenvalue weighted by atomic mass is 127. The second-order valence-corrected chi connectivity index (χ2v) is 6.51. The summed E-state index contributed by atoms with van der Waals surface area (Å²) in [6, 6.07) is 13.1. The third kappa shape index (κ3) is 6.43. The molecule has 0 spiro atoms. The molecule has 7 heteroatoms. The van der Waals surface area contributed by atoms with E-state index >= 15 is 0 Å². The van der Waals surface area contributed by atoms with Crippen molar-refractivity contribution in [2.45, 2.75) is 26.5 Å². The number of H-pyrrole nitrogens is 1. The summed E-state index contributed by atoms with van der Waals surface area (Å²) in [7, 11) is 1.76. The Kier molecular flexibility index (Phi) is 9.40. The lowest BCUT2D eigenvalue weighted by Crippen LogP contribution is -2.38. The van der Waals surface area contributed by atoms with E-state index in [9.17, 15) is 4.39 Å². The Morgan fingerprint density at radius 2 is 1.90 bits per heavy atom. The van der Waals surface area contributed by atoms with Crippen molar-refractivity contribution >= 4 is 40.8 Å². The van der Waals surface area contributed by atoms with E-state index in [0.29, 0.717) is 19.8 Å². The zero-order valence-corrected chi connectivity index (χ0v) is 19.1. The van der Waals surface area contributed by atoms with Gasteiger partial charge < -0.3 is 20.4 Å². The van der Waals surface area contributed by atoms with Crippen molar-refractivity contribution in [2.24, 2.45) is 4.99 Å². The Balaban J connectivity index is 0.00000300. The number of hydrogen-bond donors (Lipinski definition) is 3.